The zero-order valence-electron chi connectivity index (χ0n) is 12.3. The minimum Gasteiger partial charge on any atom is -0.378 e. The van der Waals surface area contributed by atoms with Gasteiger partial charge in [0.25, 0.3) is 0 Å². The molecule has 2 atom stereocenters. The van der Waals surface area contributed by atoms with Crippen molar-refractivity contribution < 1.29 is 4.74 Å². The summed E-state index contributed by atoms with van der Waals surface area (Å²) < 4.78 is 7.96. The van der Waals surface area contributed by atoms with Gasteiger partial charge in [-0.3, -0.25) is 0 Å². The van der Waals surface area contributed by atoms with Crippen molar-refractivity contribution in [3.63, 3.8) is 0 Å². The van der Waals surface area contributed by atoms with E-state index in [1.165, 1.54) is 19.3 Å². The Labute approximate surface area is 125 Å². The lowest BCUT2D eigenvalue weighted by Gasteiger charge is -2.23. The molecular formula is C17H23N3O. The fraction of sp³-hybridized carbons (Fsp3) is 0.471. The molecule has 2 heterocycles. The van der Waals surface area contributed by atoms with Crippen LogP contribution in [0, 0.1) is 0 Å². The van der Waals surface area contributed by atoms with E-state index in [0.29, 0.717) is 6.10 Å². The van der Waals surface area contributed by atoms with Crippen molar-refractivity contribution in [3.8, 4) is 0 Å². The summed E-state index contributed by atoms with van der Waals surface area (Å²) in [6, 6.07) is 10.0. The molecule has 4 nitrogen and oxygen atoms in total. The molecule has 1 fully saturated rings. The molecule has 1 aliphatic heterocycles. The minimum atomic E-state index is -0.124. The lowest BCUT2D eigenvalue weighted by atomic mass is 10.0. The Morgan fingerprint density at radius 3 is 2.90 bits per heavy atom. The van der Waals surface area contributed by atoms with E-state index in [4.69, 9.17) is 10.5 Å². The van der Waals surface area contributed by atoms with Crippen molar-refractivity contribution in [2.24, 2.45) is 5.73 Å². The molecule has 0 bridgehead atoms. The second-order valence-electron chi connectivity index (χ2n) is 5.68. The summed E-state index contributed by atoms with van der Waals surface area (Å²) in [6.45, 7) is 1.82. The number of aromatic nitrogens is 2. The van der Waals surface area contributed by atoms with E-state index in [9.17, 15) is 0 Å². The standard InChI is InChI=1S/C17H23N3O/c18-17(14-6-2-1-3-7-14)16-12-19-13-20(16)10-9-15-8-4-5-11-21-15/h1-3,6-7,12-13,15,17H,4-5,8-11,18H2. The first kappa shape index (κ1) is 14.3. The summed E-state index contributed by atoms with van der Waals surface area (Å²) in [7, 11) is 0. The molecule has 112 valence electrons. The highest BCUT2D eigenvalue weighted by atomic mass is 16.5. The fourth-order valence-corrected chi connectivity index (χ4v) is 2.93. The van der Waals surface area contributed by atoms with Gasteiger partial charge in [-0.15, -0.1) is 0 Å². The van der Waals surface area contributed by atoms with Gasteiger partial charge in [-0.2, -0.15) is 0 Å². The summed E-state index contributed by atoms with van der Waals surface area (Å²) >= 11 is 0. The van der Waals surface area contributed by atoms with Crippen LogP contribution in [-0.2, 0) is 11.3 Å². The smallest absolute Gasteiger partial charge is 0.0948 e. The molecule has 0 spiro atoms. The fourth-order valence-electron chi connectivity index (χ4n) is 2.93. The van der Waals surface area contributed by atoms with Crippen molar-refractivity contribution in [1.29, 1.82) is 0 Å². The first-order valence-corrected chi connectivity index (χ1v) is 7.77. The predicted molar refractivity (Wildman–Crippen MR) is 82.9 cm³/mol. The van der Waals surface area contributed by atoms with E-state index in [1.807, 2.05) is 30.7 Å². The predicted octanol–water partition coefficient (Wildman–Crippen LogP) is 2.89. The summed E-state index contributed by atoms with van der Waals surface area (Å²) in [5.74, 6) is 0. The highest BCUT2D eigenvalue weighted by Crippen LogP contribution is 2.21. The monoisotopic (exact) mass is 285 g/mol. The first-order chi connectivity index (χ1) is 10.3. The second kappa shape index (κ2) is 6.87. The Balaban J connectivity index is 1.66. The molecule has 21 heavy (non-hydrogen) atoms. The largest absolute Gasteiger partial charge is 0.378 e. The van der Waals surface area contributed by atoms with Crippen LogP contribution in [0.1, 0.15) is 43.0 Å². The molecular weight excluding hydrogens is 262 g/mol. The average molecular weight is 285 g/mol. The van der Waals surface area contributed by atoms with E-state index in [2.05, 4.69) is 21.7 Å². The van der Waals surface area contributed by atoms with Crippen molar-refractivity contribution in [3.05, 3.63) is 54.1 Å². The summed E-state index contributed by atoms with van der Waals surface area (Å²) in [5, 5.41) is 0. The van der Waals surface area contributed by atoms with Crippen molar-refractivity contribution in [1.82, 2.24) is 9.55 Å². The topological polar surface area (TPSA) is 53.1 Å². The van der Waals surface area contributed by atoms with Gasteiger partial charge in [0.15, 0.2) is 0 Å². The minimum absolute atomic E-state index is 0.124. The molecule has 1 saturated heterocycles. The van der Waals surface area contributed by atoms with Crippen LogP contribution in [0.5, 0.6) is 0 Å². The Bertz CT molecular complexity index is 546. The molecule has 1 aliphatic rings. The normalized spacial score (nSPS) is 20.3. The van der Waals surface area contributed by atoms with E-state index in [0.717, 1.165) is 30.8 Å². The molecule has 0 aliphatic carbocycles. The maximum absolute atomic E-state index is 6.38. The van der Waals surface area contributed by atoms with E-state index in [1.54, 1.807) is 0 Å². The molecule has 2 aromatic rings. The van der Waals surface area contributed by atoms with E-state index in [-0.39, 0.29) is 6.04 Å². The summed E-state index contributed by atoms with van der Waals surface area (Å²) in [6.07, 6.45) is 8.83. The average Bonchev–Trinajstić information content (AvgIpc) is 3.02. The number of benzene rings is 1. The number of imidazole rings is 1. The number of nitrogens with zero attached hydrogens (tertiary/aromatic N) is 2. The molecule has 2 unspecified atom stereocenters. The van der Waals surface area contributed by atoms with Crippen LogP contribution in [0.2, 0.25) is 0 Å². The third kappa shape index (κ3) is 3.52. The number of hydrogen-bond donors (Lipinski definition) is 1. The van der Waals surface area contributed by atoms with Crippen LogP contribution < -0.4 is 5.73 Å². The van der Waals surface area contributed by atoms with Crippen LogP contribution >= 0.6 is 0 Å². The second-order valence-corrected chi connectivity index (χ2v) is 5.68. The Morgan fingerprint density at radius 1 is 1.29 bits per heavy atom. The highest BCUT2D eigenvalue weighted by Gasteiger charge is 2.17. The van der Waals surface area contributed by atoms with Crippen molar-refractivity contribution >= 4 is 0 Å². The van der Waals surface area contributed by atoms with Gasteiger partial charge in [-0.1, -0.05) is 30.3 Å². The maximum Gasteiger partial charge on any atom is 0.0948 e. The highest BCUT2D eigenvalue weighted by molar-refractivity contribution is 5.26. The van der Waals surface area contributed by atoms with E-state index >= 15 is 0 Å². The molecule has 3 rings (SSSR count). The maximum atomic E-state index is 6.38. The molecule has 4 heteroatoms. The van der Waals surface area contributed by atoms with Crippen LogP contribution in [0.4, 0.5) is 0 Å². The van der Waals surface area contributed by atoms with Gasteiger partial charge < -0.3 is 15.0 Å². The van der Waals surface area contributed by atoms with Gasteiger partial charge in [0.1, 0.15) is 0 Å². The van der Waals surface area contributed by atoms with Gasteiger partial charge in [0, 0.05) is 13.2 Å². The number of ether oxygens (including phenoxy) is 1. The van der Waals surface area contributed by atoms with Crippen LogP contribution in [0.15, 0.2) is 42.9 Å². The summed E-state index contributed by atoms with van der Waals surface area (Å²) in [5.41, 5.74) is 8.56. The lowest BCUT2D eigenvalue weighted by molar-refractivity contribution is 0.00868. The van der Waals surface area contributed by atoms with Gasteiger partial charge in [0.05, 0.1) is 30.4 Å². The SMILES string of the molecule is NC(c1ccccc1)c1cncn1CCC1CCCCO1. The van der Waals surface area contributed by atoms with Crippen LogP contribution in [0.25, 0.3) is 0 Å². The zero-order chi connectivity index (χ0) is 14.5. The Kier molecular flexibility index (Phi) is 4.68. The molecule has 1 aromatic heterocycles. The zero-order valence-corrected chi connectivity index (χ0v) is 12.3. The van der Waals surface area contributed by atoms with Gasteiger partial charge in [-0.05, 0) is 31.2 Å². The lowest BCUT2D eigenvalue weighted by Crippen LogP contribution is -2.22. The molecule has 2 N–H and O–H groups in total. The quantitative estimate of drug-likeness (QED) is 0.919. The van der Waals surface area contributed by atoms with Crippen molar-refractivity contribution in [2.75, 3.05) is 6.61 Å². The van der Waals surface area contributed by atoms with Crippen molar-refractivity contribution in [2.45, 2.75) is 44.4 Å². The Morgan fingerprint density at radius 2 is 2.14 bits per heavy atom. The number of rotatable bonds is 5. The van der Waals surface area contributed by atoms with E-state index < -0.39 is 0 Å². The van der Waals surface area contributed by atoms with Crippen LogP contribution in [0.3, 0.4) is 0 Å². The van der Waals surface area contributed by atoms with Crippen LogP contribution in [-0.4, -0.2) is 22.3 Å². The van der Waals surface area contributed by atoms with Gasteiger partial charge in [0.2, 0.25) is 0 Å². The number of hydrogen-bond acceptors (Lipinski definition) is 3. The molecule has 1 aromatic carbocycles. The number of aryl methyl sites for hydroxylation is 1. The number of nitrogens with two attached hydrogens (primary N) is 1. The van der Waals surface area contributed by atoms with Gasteiger partial charge >= 0.3 is 0 Å². The Hall–Kier alpha value is -1.65. The first-order valence-electron chi connectivity index (χ1n) is 7.77. The van der Waals surface area contributed by atoms with Gasteiger partial charge in [-0.25, -0.2) is 4.98 Å². The summed E-state index contributed by atoms with van der Waals surface area (Å²) in [4.78, 5) is 4.27. The molecule has 0 saturated carbocycles. The molecule has 0 radical (unpaired) electrons. The molecule has 0 amide bonds. The third-order valence-electron chi connectivity index (χ3n) is 4.19. The third-order valence-corrected chi connectivity index (χ3v) is 4.19.